The molecule has 0 amide bonds. The van der Waals surface area contributed by atoms with E-state index in [0.717, 1.165) is 18.4 Å². The molecule has 2 nitrogen and oxygen atoms in total. The SMILES string of the molecule is C=C(Cl)/C=C\C(C(=O)O)=C(\C)CCC. The minimum absolute atomic E-state index is 0.300. The standard InChI is InChI=1S/C11H15ClO2/c1-4-5-8(2)10(11(13)14)7-6-9(3)12/h6-7H,3-5H2,1-2H3,(H,13,14)/b7-6-,10-8+. The summed E-state index contributed by atoms with van der Waals surface area (Å²) in [5.74, 6) is -0.926. The molecule has 0 bridgehead atoms. The fraction of sp³-hybridized carbons (Fsp3) is 0.364. The zero-order valence-corrected chi connectivity index (χ0v) is 9.27. The summed E-state index contributed by atoms with van der Waals surface area (Å²) in [6, 6.07) is 0. The number of aliphatic carboxylic acids is 1. The second kappa shape index (κ2) is 6.44. The van der Waals surface area contributed by atoms with Crippen molar-refractivity contribution in [3.05, 3.63) is 34.9 Å². The van der Waals surface area contributed by atoms with Gasteiger partial charge in [0.1, 0.15) is 0 Å². The first-order valence-electron chi connectivity index (χ1n) is 4.44. The monoisotopic (exact) mass is 214 g/mol. The highest BCUT2D eigenvalue weighted by Gasteiger charge is 2.06. The molecule has 0 aliphatic carbocycles. The third-order valence-corrected chi connectivity index (χ3v) is 1.87. The van der Waals surface area contributed by atoms with Crippen LogP contribution >= 0.6 is 11.6 Å². The molecular formula is C11H15ClO2. The Bertz CT molecular complexity index is 288. The molecule has 0 aliphatic heterocycles. The Labute approximate surface area is 89.6 Å². The van der Waals surface area contributed by atoms with Gasteiger partial charge >= 0.3 is 5.97 Å². The summed E-state index contributed by atoms with van der Waals surface area (Å²) in [6.45, 7) is 7.28. The molecule has 0 radical (unpaired) electrons. The molecular weight excluding hydrogens is 200 g/mol. The van der Waals surface area contributed by atoms with Gasteiger partial charge < -0.3 is 5.11 Å². The Kier molecular flexibility index (Phi) is 5.97. The van der Waals surface area contributed by atoms with E-state index in [1.54, 1.807) is 0 Å². The van der Waals surface area contributed by atoms with Gasteiger partial charge in [-0.15, -0.1) is 0 Å². The van der Waals surface area contributed by atoms with Crippen LogP contribution in [0, 0.1) is 0 Å². The van der Waals surface area contributed by atoms with Gasteiger partial charge in [0, 0.05) is 5.03 Å². The van der Waals surface area contributed by atoms with E-state index >= 15 is 0 Å². The van der Waals surface area contributed by atoms with Gasteiger partial charge in [-0.25, -0.2) is 4.79 Å². The van der Waals surface area contributed by atoms with Crippen molar-refractivity contribution in [1.29, 1.82) is 0 Å². The van der Waals surface area contributed by atoms with Crippen molar-refractivity contribution in [1.82, 2.24) is 0 Å². The Morgan fingerprint density at radius 2 is 2.07 bits per heavy atom. The van der Waals surface area contributed by atoms with Crippen molar-refractivity contribution >= 4 is 17.6 Å². The molecule has 14 heavy (non-hydrogen) atoms. The highest BCUT2D eigenvalue weighted by atomic mass is 35.5. The van der Waals surface area contributed by atoms with Crippen LogP contribution in [0.15, 0.2) is 34.9 Å². The van der Waals surface area contributed by atoms with Gasteiger partial charge in [-0.3, -0.25) is 0 Å². The second-order valence-corrected chi connectivity index (χ2v) is 3.51. The largest absolute Gasteiger partial charge is 0.478 e. The first kappa shape index (κ1) is 13.0. The van der Waals surface area contributed by atoms with E-state index in [-0.39, 0.29) is 0 Å². The number of halogens is 1. The summed E-state index contributed by atoms with van der Waals surface area (Å²) in [5.41, 5.74) is 1.16. The lowest BCUT2D eigenvalue weighted by atomic mass is 10.1. The molecule has 78 valence electrons. The molecule has 0 rings (SSSR count). The van der Waals surface area contributed by atoms with Crippen LogP contribution in [0.4, 0.5) is 0 Å². The van der Waals surface area contributed by atoms with Crippen LogP contribution in [0.25, 0.3) is 0 Å². The Morgan fingerprint density at radius 1 is 1.50 bits per heavy atom. The molecule has 0 fully saturated rings. The summed E-state index contributed by atoms with van der Waals surface area (Å²) < 4.78 is 0. The van der Waals surface area contributed by atoms with Gasteiger partial charge in [-0.1, -0.05) is 37.1 Å². The Balaban J connectivity index is 4.85. The lowest BCUT2D eigenvalue weighted by Gasteiger charge is -2.02. The van der Waals surface area contributed by atoms with Crippen LogP contribution in [-0.4, -0.2) is 11.1 Å². The number of hydrogen-bond donors (Lipinski definition) is 1. The normalized spacial score (nSPS) is 12.8. The maximum atomic E-state index is 10.8. The predicted octanol–water partition coefficient (Wildman–Crippen LogP) is 3.50. The number of carbonyl (C=O) groups is 1. The van der Waals surface area contributed by atoms with Gasteiger partial charge in [0.05, 0.1) is 5.57 Å². The number of rotatable bonds is 5. The van der Waals surface area contributed by atoms with Crippen LogP contribution in [0.5, 0.6) is 0 Å². The summed E-state index contributed by atoms with van der Waals surface area (Å²) in [4.78, 5) is 10.8. The quantitative estimate of drug-likeness (QED) is 0.562. The summed E-state index contributed by atoms with van der Waals surface area (Å²) in [7, 11) is 0. The van der Waals surface area contributed by atoms with Crippen molar-refractivity contribution < 1.29 is 9.90 Å². The van der Waals surface area contributed by atoms with Crippen molar-refractivity contribution in [2.24, 2.45) is 0 Å². The predicted molar refractivity (Wildman–Crippen MR) is 59.4 cm³/mol. The highest BCUT2D eigenvalue weighted by Crippen LogP contribution is 2.13. The Morgan fingerprint density at radius 3 is 2.43 bits per heavy atom. The van der Waals surface area contributed by atoms with Gasteiger partial charge in [-0.2, -0.15) is 0 Å². The molecule has 0 aliphatic rings. The van der Waals surface area contributed by atoms with Crippen LogP contribution < -0.4 is 0 Å². The van der Waals surface area contributed by atoms with Crippen molar-refractivity contribution in [3.8, 4) is 0 Å². The summed E-state index contributed by atoms with van der Waals surface area (Å²) >= 11 is 5.51. The van der Waals surface area contributed by atoms with Crippen LogP contribution in [0.1, 0.15) is 26.7 Å². The van der Waals surface area contributed by atoms with E-state index in [0.29, 0.717) is 10.6 Å². The van der Waals surface area contributed by atoms with E-state index in [1.165, 1.54) is 12.2 Å². The van der Waals surface area contributed by atoms with E-state index in [2.05, 4.69) is 6.58 Å². The van der Waals surface area contributed by atoms with E-state index in [4.69, 9.17) is 16.7 Å². The van der Waals surface area contributed by atoms with Gasteiger partial charge in [0.15, 0.2) is 0 Å². The zero-order valence-electron chi connectivity index (χ0n) is 8.51. The average molecular weight is 215 g/mol. The molecule has 0 atom stereocenters. The van der Waals surface area contributed by atoms with E-state index < -0.39 is 5.97 Å². The van der Waals surface area contributed by atoms with Gasteiger partial charge in [0.25, 0.3) is 0 Å². The molecule has 0 unspecified atom stereocenters. The minimum atomic E-state index is -0.926. The lowest BCUT2D eigenvalue weighted by molar-refractivity contribution is -0.132. The molecule has 0 spiro atoms. The first-order valence-corrected chi connectivity index (χ1v) is 4.82. The fourth-order valence-electron chi connectivity index (χ4n) is 1.08. The molecule has 0 saturated heterocycles. The lowest BCUT2D eigenvalue weighted by Crippen LogP contribution is -2.01. The van der Waals surface area contributed by atoms with Gasteiger partial charge in [0.2, 0.25) is 0 Å². The average Bonchev–Trinajstić information content (AvgIpc) is 2.03. The van der Waals surface area contributed by atoms with Crippen LogP contribution in [0.3, 0.4) is 0 Å². The number of allylic oxidation sites excluding steroid dienone is 3. The molecule has 0 aromatic rings. The third-order valence-electron chi connectivity index (χ3n) is 1.75. The third kappa shape index (κ3) is 4.87. The maximum Gasteiger partial charge on any atom is 0.335 e. The van der Waals surface area contributed by atoms with Crippen LogP contribution in [-0.2, 0) is 4.79 Å². The van der Waals surface area contributed by atoms with E-state index in [1.807, 2.05) is 13.8 Å². The number of hydrogen-bond acceptors (Lipinski definition) is 1. The number of carboxylic acid groups (broad SMARTS) is 1. The first-order chi connectivity index (χ1) is 6.49. The van der Waals surface area contributed by atoms with Crippen molar-refractivity contribution in [2.45, 2.75) is 26.7 Å². The molecule has 0 aromatic carbocycles. The fourth-order valence-corrected chi connectivity index (χ4v) is 1.14. The van der Waals surface area contributed by atoms with Crippen molar-refractivity contribution in [3.63, 3.8) is 0 Å². The summed E-state index contributed by atoms with van der Waals surface area (Å²) in [5, 5.41) is 9.23. The van der Waals surface area contributed by atoms with Crippen LogP contribution in [0.2, 0.25) is 0 Å². The maximum absolute atomic E-state index is 10.8. The van der Waals surface area contributed by atoms with E-state index in [9.17, 15) is 4.79 Å². The highest BCUT2D eigenvalue weighted by molar-refractivity contribution is 6.30. The smallest absolute Gasteiger partial charge is 0.335 e. The number of carboxylic acids is 1. The molecule has 0 saturated carbocycles. The topological polar surface area (TPSA) is 37.3 Å². The zero-order chi connectivity index (χ0) is 11.1. The second-order valence-electron chi connectivity index (χ2n) is 3.03. The van der Waals surface area contributed by atoms with Gasteiger partial charge in [-0.05, 0) is 25.5 Å². The van der Waals surface area contributed by atoms with Crippen molar-refractivity contribution in [2.75, 3.05) is 0 Å². The summed E-state index contributed by atoms with van der Waals surface area (Å²) in [6.07, 6.45) is 4.69. The Hall–Kier alpha value is -1.02. The minimum Gasteiger partial charge on any atom is -0.478 e. The molecule has 0 aromatic heterocycles. The molecule has 1 N–H and O–H groups in total. The molecule has 0 heterocycles. The molecule has 3 heteroatoms.